The van der Waals surface area contributed by atoms with Crippen LogP contribution in [0.1, 0.15) is 0 Å². The first kappa shape index (κ1) is 12.0. The molecule has 0 aliphatic carbocycles. The van der Waals surface area contributed by atoms with Crippen molar-refractivity contribution in [2.24, 2.45) is 0 Å². The third kappa shape index (κ3) is 2.42. The molecule has 1 heterocycles. The fourth-order valence-electron chi connectivity index (χ4n) is 1.51. The maximum atomic E-state index is 11.7. The number of nitrogen functional groups attached to an aromatic ring is 1. The van der Waals surface area contributed by atoms with Gasteiger partial charge in [-0.05, 0) is 24.3 Å². The van der Waals surface area contributed by atoms with Crippen LogP contribution < -0.4 is 16.0 Å². The van der Waals surface area contributed by atoms with Gasteiger partial charge in [0.25, 0.3) is 5.56 Å². The standard InChI is InChI=1S/C12H12N2O4/c1-17-11(15)6-18-10-5-7-4-8(13)2-3-9(7)14-12(10)16/h2-5H,6,13H2,1H3,(H,14,16). The van der Waals surface area contributed by atoms with E-state index in [1.165, 1.54) is 13.2 Å². The molecule has 2 aromatic rings. The van der Waals surface area contributed by atoms with Gasteiger partial charge >= 0.3 is 5.97 Å². The summed E-state index contributed by atoms with van der Waals surface area (Å²) in [6.07, 6.45) is 0. The maximum absolute atomic E-state index is 11.7. The topological polar surface area (TPSA) is 94.4 Å². The second-order valence-corrected chi connectivity index (χ2v) is 3.67. The van der Waals surface area contributed by atoms with Gasteiger partial charge in [0, 0.05) is 16.6 Å². The molecule has 6 heteroatoms. The van der Waals surface area contributed by atoms with Gasteiger partial charge in [-0.15, -0.1) is 0 Å². The van der Waals surface area contributed by atoms with Crippen LogP contribution in [0.25, 0.3) is 10.9 Å². The van der Waals surface area contributed by atoms with Crippen LogP contribution in [0.3, 0.4) is 0 Å². The number of aromatic amines is 1. The van der Waals surface area contributed by atoms with E-state index in [0.717, 1.165) is 5.39 Å². The molecular formula is C12H12N2O4. The molecule has 0 aliphatic rings. The highest BCUT2D eigenvalue weighted by atomic mass is 16.6. The first-order chi connectivity index (χ1) is 8.60. The molecule has 0 unspecified atom stereocenters. The molecule has 0 spiro atoms. The van der Waals surface area contributed by atoms with E-state index in [9.17, 15) is 9.59 Å². The van der Waals surface area contributed by atoms with Crippen molar-refractivity contribution in [3.63, 3.8) is 0 Å². The summed E-state index contributed by atoms with van der Waals surface area (Å²) in [4.78, 5) is 25.2. The number of nitrogens with one attached hydrogen (secondary N) is 1. The Labute approximate surface area is 102 Å². The first-order valence-electron chi connectivity index (χ1n) is 5.22. The monoisotopic (exact) mass is 248 g/mol. The van der Waals surface area contributed by atoms with Crippen molar-refractivity contribution in [3.8, 4) is 5.75 Å². The van der Waals surface area contributed by atoms with Crippen LogP contribution in [-0.4, -0.2) is 24.7 Å². The van der Waals surface area contributed by atoms with Crippen LogP contribution in [0.4, 0.5) is 5.69 Å². The molecule has 0 saturated heterocycles. The summed E-state index contributed by atoms with van der Waals surface area (Å²) in [5.74, 6) is -0.499. The highest BCUT2D eigenvalue weighted by Gasteiger charge is 2.07. The number of carbonyl (C=O) groups is 1. The molecule has 0 saturated carbocycles. The van der Waals surface area contributed by atoms with Crippen molar-refractivity contribution in [1.29, 1.82) is 0 Å². The summed E-state index contributed by atoms with van der Waals surface area (Å²) in [6.45, 7) is -0.312. The molecule has 2 rings (SSSR count). The molecule has 0 fully saturated rings. The lowest BCUT2D eigenvalue weighted by atomic mass is 10.2. The molecule has 0 radical (unpaired) electrons. The zero-order chi connectivity index (χ0) is 13.1. The Morgan fingerprint density at radius 1 is 1.39 bits per heavy atom. The minimum absolute atomic E-state index is 0.0542. The van der Waals surface area contributed by atoms with Crippen LogP contribution in [0.5, 0.6) is 5.75 Å². The highest BCUT2D eigenvalue weighted by molar-refractivity contribution is 5.82. The predicted molar refractivity (Wildman–Crippen MR) is 66.5 cm³/mol. The number of nitrogens with two attached hydrogens (primary N) is 1. The van der Waals surface area contributed by atoms with Crippen LogP contribution in [0.2, 0.25) is 0 Å². The second kappa shape index (κ2) is 4.79. The largest absolute Gasteiger partial charge is 0.476 e. The van der Waals surface area contributed by atoms with Crippen molar-refractivity contribution in [3.05, 3.63) is 34.6 Å². The average Bonchev–Trinajstić information content (AvgIpc) is 2.36. The third-order valence-electron chi connectivity index (χ3n) is 2.41. The molecule has 0 bridgehead atoms. The van der Waals surface area contributed by atoms with E-state index in [2.05, 4.69) is 9.72 Å². The summed E-state index contributed by atoms with van der Waals surface area (Å²) < 4.78 is 9.50. The van der Waals surface area contributed by atoms with Crippen LogP contribution in [-0.2, 0) is 9.53 Å². The molecule has 6 nitrogen and oxygen atoms in total. The molecule has 94 valence electrons. The van der Waals surface area contributed by atoms with E-state index in [1.807, 2.05) is 0 Å². The Morgan fingerprint density at radius 3 is 2.89 bits per heavy atom. The molecule has 1 aromatic carbocycles. The molecule has 1 aromatic heterocycles. The Balaban J connectivity index is 2.36. The summed E-state index contributed by atoms with van der Waals surface area (Å²) in [7, 11) is 1.25. The zero-order valence-corrected chi connectivity index (χ0v) is 9.73. The second-order valence-electron chi connectivity index (χ2n) is 3.67. The number of rotatable bonds is 3. The Bertz CT molecular complexity index is 648. The number of fused-ring (bicyclic) bond motifs is 1. The number of esters is 1. The van der Waals surface area contributed by atoms with Gasteiger partial charge in [0.05, 0.1) is 7.11 Å². The fraction of sp³-hybridized carbons (Fsp3) is 0.167. The average molecular weight is 248 g/mol. The molecule has 3 N–H and O–H groups in total. The summed E-state index contributed by atoms with van der Waals surface area (Å²) in [6, 6.07) is 6.63. The molecular weight excluding hydrogens is 236 g/mol. The van der Waals surface area contributed by atoms with E-state index in [-0.39, 0.29) is 12.4 Å². The van der Waals surface area contributed by atoms with E-state index in [1.54, 1.807) is 18.2 Å². The van der Waals surface area contributed by atoms with Crippen molar-refractivity contribution in [2.75, 3.05) is 19.5 Å². The van der Waals surface area contributed by atoms with Crippen molar-refractivity contribution >= 4 is 22.6 Å². The number of H-pyrrole nitrogens is 1. The number of ether oxygens (including phenoxy) is 2. The van der Waals surface area contributed by atoms with Gasteiger partial charge in [0.2, 0.25) is 0 Å². The smallest absolute Gasteiger partial charge is 0.343 e. The molecule has 0 amide bonds. The summed E-state index contributed by atoms with van der Waals surface area (Å²) >= 11 is 0. The number of aromatic nitrogens is 1. The van der Waals surface area contributed by atoms with E-state index in [4.69, 9.17) is 10.5 Å². The number of methoxy groups -OCH3 is 1. The molecule has 0 atom stereocenters. The van der Waals surface area contributed by atoms with Gasteiger partial charge in [-0.25, -0.2) is 4.79 Å². The van der Waals surface area contributed by atoms with Crippen molar-refractivity contribution in [1.82, 2.24) is 4.98 Å². The minimum Gasteiger partial charge on any atom is -0.476 e. The van der Waals surface area contributed by atoms with Gasteiger partial charge in [0.15, 0.2) is 12.4 Å². The normalized spacial score (nSPS) is 10.3. The third-order valence-corrected chi connectivity index (χ3v) is 2.41. The zero-order valence-electron chi connectivity index (χ0n) is 9.73. The van der Waals surface area contributed by atoms with Gasteiger partial charge in [-0.2, -0.15) is 0 Å². The number of anilines is 1. The molecule has 0 aliphatic heterocycles. The van der Waals surface area contributed by atoms with Gasteiger partial charge in [-0.1, -0.05) is 0 Å². The summed E-state index contributed by atoms with van der Waals surface area (Å²) in [5, 5.41) is 0.731. The number of hydrogen-bond donors (Lipinski definition) is 2. The number of pyridine rings is 1. The van der Waals surface area contributed by atoms with Gasteiger partial charge in [0.1, 0.15) is 0 Å². The molecule has 18 heavy (non-hydrogen) atoms. The number of carbonyl (C=O) groups excluding carboxylic acids is 1. The predicted octanol–water partition coefficient (Wildman–Crippen LogP) is 0.662. The van der Waals surface area contributed by atoms with E-state index >= 15 is 0 Å². The van der Waals surface area contributed by atoms with Gasteiger partial charge < -0.3 is 20.2 Å². The minimum atomic E-state index is -0.554. The quantitative estimate of drug-likeness (QED) is 0.614. The summed E-state index contributed by atoms with van der Waals surface area (Å²) in [5.41, 5.74) is 6.47. The lowest BCUT2D eigenvalue weighted by Crippen LogP contribution is -2.17. The SMILES string of the molecule is COC(=O)COc1cc2cc(N)ccc2[nH]c1=O. The van der Waals surface area contributed by atoms with Crippen LogP contribution in [0.15, 0.2) is 29.1 Å². The van der Waals surface area contributed by atoms with E-state index < -0.39 is 11.5 Å². The van der Waals surface area contributed by atoms with E-state index in [0.29, 0.717) is 11.2 Å². The number of hydrogen-bond acceptors (Lipinski definition) is 5. The Morgan fingerprint density at radius 2 is 2.17 bits per heavy atom. The lowest BCUT2D eigenvalue weighted by Gasteiger charge is -2.05. The Hall–Kier alpha value is -2.50. The fourth-order valence-corrected chi connectivity index (χ4v) is 1.51. The van der Waals surface area contributed by atoms with Crippen molar-refractivity contribution in [2.45, 2.75) is 0 Å². The first-order valence-corrected chi connectivity index (χ1v) is 5.22. The maximum Gasteiger partial charge on any atom is 0.343 e. The van der Waals surface area contributed by atoms with Crippen LogP contribution >= 0.6 is 0 Å². The highest BCUT2D eigenvalue weighted by Crippen LogP contribution is 2.17. The van der Waals surface area contributed by atoms with Gasteiger partial charge in [-0.3, -0.25) is 4.79 Å². The Kier molecular flexibility index (Phi) is 3.18. The lowest BCUT2D eigenvalue weighted by molar-refractivity contribution is -0.142. The van der Waals surface area contributed by atoms with Crippen molar-refractivity contribution < 1.29 is 14.3 Å². The number of benzene rings is 1. The van der Waals surface area contributed by atoms with Crippen LogP contribution in [0, 0.1) is 0 Å².